The van der Waals surface area contributed by atoms with E-state index in [9.17, 15) is 19.1 Å². The van der Waals surface area contributed by atoms with Crippen molar-refractivity contribution in [2.24, 2.45) is 0 Å². The molecule has 1 heterocycles. The van der Waals surface area contributed by atoms with Crippen LogP contribution < -0.4 is 0 Å². The molecule has 1 aliphatic carbocycles. The number of carbonyl (C=O) groups is 2. The zero-order valence-electron chi connectivity index (χ0n) is 20.0. The van der Waals surface area contributed by atoms with Crippen LogP contribution in [0.4, 0.5) is 4.39 Å². The Kier molecular flexibility index (Phi) is 7.35. The third kappa shape index (κ3) is 4.72. The lowest BCUT2D eigenvalue weighted by Crippen LogP contribution is -2.44. The van der Waals surface area contributed by atoms with E-state index in [1.807, 2.05) is 46.7 Å². The Morgan fingerprint density at radius 1 is 1.18 bits per heavy atom. The number of halogens is 1. The van der Waals surface area contributed by atoms with E-state index in [-0.39, 0.29) is 17.8 Å². The van der Waals surface area contributed by atoms with E-state index < -0.39 is 12.0 Å². The van der Waals surface area contributed by atoms with E-state index in [0.29, 0.717) is 38.6 Å². The van der Waals surface area contributed by atoms with Gasteiger partial charge in [0.25, 0.3) is 0 Å². The smallest absolute Gasteiger partial charge is 0.326 e. The Balaban J connectivity index is 1.64. The minimum Gasteiger partial charge on any atom is -0.480 e. The molecule has 0 spiro atoms. The van der Waals surface area contributed by atoms with Crippen LogP contribution in [0.2, 0.25) is 0 Å². The van der Waals surface area contributed by atoms with Crippen LogP contribution in [0.5, 0.6) is 0 Å². The lowest BCUT2D eigenvalue weighted by Gasteiger charge is -2.35. The minimum absolute atomic E-state index is 0.0305. The quantitative estimate of drug-likeness (QED) is 0.452. The number of carbonyl (C=O) groups excluding carboxylic acids is 1. The maximum Gasteiger partial charge on any atom is 0.326 e. The summed E-state index contributed by atoms with van der Waals surface area (Å²) in [5.74, 6) is -1.06. The molecule has 1 aliphatic rings. The van der Waals surface area contributed by atoms with Crippen molar-refractivity contribution in [1.82, 2.24) is 9.47 Å². The molecule has 1 amide bonds. The summed E-state index contributed by atoms with van der Waals surface area (Å²) in [6, 6.07) is 14.0. The molecule has 0 saturated heterocycles. The number of amides is 1. The summed E-state index contributed by atoms with van der Waals surface area (Å²) in [5.41, 5.74) is 3.87. The second-order valence-electron chi connectivity index (χ2n) is 9.19. The lowest BCUT2D eigenvalue weighted by molar-refractivity contribution is -0.141. The maximum absolute atomic E-state index is 14.2. The topological polar surface area (TPSA) is 62.5 Å². The van der Waals surface area contributed by atoms with Gasteiger partial charge in [0.15, 0.2) is 0 Å². The van der Waals surface area contributed by atoms with Crippen LogP contribution in [0.25, 0.3) is 10.9 Å². The Morgan fingerprint density at radius 2 is 1.94 bits per heavy atom. The van der Waals surface area contributed by atoms with E-state index in [1.165, 1.54) is 12.1 Å². The van der Waals surface area contributed by atoms with E-state index in [1.54, 1.807) is 6.07 Å². The molecule has 1 aromatic heterocycles. The Morgan fingerprint density at radius 3 is 2.62 bits per heavy atom. The number of nitrogens with zero attached hydrogens (tertiary/aromatic N) is 2. The molecule has 180 valence electrons. The Bertz CT molecular complexity index is 1170. The van der Waals surface area contributed by atoms with Crippen LogP contribution in [0.1, 0.15) is 62.4 Å². The highest BCUT2D eigenvalue weighted by atomic mass is 19.1. The molecular weight excluding hydrogens is 431 g/mol. The maximum atomic E-state index is 14.2. The van der Waals surface area contributed by atoms with Crippen LogP contribution in [-0.2, 0) is 28.9 Å². The first-order valence-corrected chi connectivity index (χ1v) is 12.3. The number of rotatable bonds is 9. The fourth-order valence-corrected chi connectivity index (χ4v) is 5.43. The van der Waals surface area contributed by atoms with Crippen LogP contribution in [0.15, 0.2) is 48.5 Å². The number of fused-ring (bicyclic) bond motifs is 3. The largest absolute Gasteiger partial charge is 0.480 e. The van der Waals surface area contributed by atoms with Gasteiger partial charge in [0.2, 0.25) is 5.91 Å². The van der Waals surface area contributed by atoms with Crippen molar-refractivity contribution in [3.63, 3.8) is 0 Å². The molecule has 2 unspecified atom stereocenters. The van der Waals surface area contributed by atoms with Gasteiger partial charge in [0.1, 0.15) is 11.9 Å². The lowest BCUT2D eigenvalue weighted by atomic mass is 9.89. The van der Waals surface area contributed by atoms with Gasteiger partial charge in [-0.05, 0) is 67.9 Å². The highest BCUT2D eigenvalue weighted by Crippen LogP contribution is 2.37. The molecule has 2 aromatic carbocycles. The standard InChI is InChI=1S/C28H33FN2O3/c1-3-16-30(27(32)15-10-19-8-6-5-7-9-19)21-12-14-26-23(18-21)22-17-20(29)11-13-25(22)31(26)24(4-2)28(33)34/h5-9,11,13,17,21,24H,3-4,10,12,14-16,18H2,1-2H3,(H,33,34). The van der Waals surface area contributed by atoms with Crippen LogP contribution in [-0.4, -0.2) is 39.0 Å². The first-order chi connectivity index (χ1) is 16.4. The second-order valence-corrected chi connectivity index (χ2v) is 9.19. The van der Waals surface area contributed by atoms with E-state index >= 15 is 0 Å². The summed E-state index contributed by atoms with van der Waals surface area (Å²) in [6.07, 6.45) is 4.56. The first-order valence-electron chi connectivity index (χ1n) is 12.3. The van der Waals surface area contributed by atoms with Crippen molar-refractivity contribution in [3.8, 4) is 0 Å². The number of hydrogen-bond acceptors (Lipinski definition) is 2. The van der Waals surface area contributed by atoms with Crippen molar-refractivity contribution >= 4 is 22.8 Å². The summed E-state index contributed by atoms with van der Waals surface area (Å²) in [7, 11) is 0. The first kappa shape index (κ1) is 24.0. The zero-order valence-corrected chi connectivity index (χ0v) is 20.0. The molecule has 0 bridgehead atoms. The minimum atomic E-state index is -0.877. The fourth-order valence-electron chi connectivity index (χ4n) is 5.43. The van der Waals surface area contributed by atoms with Gasteiger partial charge in [0.05, 0.1) is 0 Å². The zero-order chi connectivity index (χ0) is 24.2. The summed E-state index contributed by atoms with van der Waals surface area (Å²) < 4.78 is 16.1. The molecule has 0 fully saturated rings. The summed E-state index contributed by atoms with van der Waals surface area (Å²) >= 11 is 0. The van der Waals surface area contributed by atoms with Gasteiger partial charge in [-0.25, -0.2) is 9.18 Å². The van der Waals surface area contributed by atoms with Gasteiger partial charge in [-0.1, -0.05) is 44.2 Å². The number of aryl methyl sites for hydroxylation is 1. The number of aliphatic carboxylic acids is 1. The monoisotopic (exact) mass is 464 g/mol. The van der Waals surface area contributed by atoms with Crippen molar-refractivity contribution in [1.29, 1.82) is 0 Å². The average Bonchev–Trinajstić information content (AvgIpc) is 3.14. The van der Waals surface area contributed by atoms with Crippen molar-refractivity contribution < 1.29 is 19.1 Å². The molecule has 0 saturated carbocycles. The third-order valence-corrected chi connectivity index (χ3v) is 7.02. The number of carboxylic acid groups (broad SMARTS) is 1. The summed E-state index contributed by atoms with van der Waals surface area (Å²) in [4.78, 5) is 27.3. The van der Waals surface area contributed by atoms with Crippen molar-refractivity contribution in [3.05, 3.63) is 71.2 Å². The Hall–Kier alpha value is -3.15. The van der Waals surface area contributed by atoms with Crippen LogP contribution in [0, 0.1) is 5.82 Å². The highest BCUT2D eigenvalue weighted by molar-refractivity contribution is 5.88. The molecular formula is C28H33FN2O3. The van der Waals surface area contributed by atoms with E-state index in [4.69, 9.17) is 0 Å². The number of carboxylic acids is 1. The summed E-state index contributed by atoms with van der Waals surface area (Å²) in [6.45, 7) is 4.62. The van der Waals surface area contributed by atoms with Gasteiger partial charge in [-0.2, -0.15) is 0 Å². The molecule has 6 heteroatoms. The van der Waals surface area contributed by atoms with E-state index in [2.05, 4.69) is 6.92 Å². The van der Waals surface area contributed by atoms with Crippen LogP contribution >= 0.6 is 0 Å². The van der Waals surface area contributed by atoms with E-state index in [0.717, 1.165) is 40.6 Å². The Labute approximate surface area is 200 Å². The SMILES string of the molecule is CCCN(C(=O)CCc1ccccc1)C1CCc2c(c3cc(F)ccc3n2C(CC)C(=O)O)C1. The molecule has 0 radical (unpaired) electrons. The van der Waals surface area contributed by atoms with Crippen molar-refractivity contribution in [2.45, 2.75) is 70.9 Å². The fraction of sp³-hybridized carbons (Fsp3) is 0.429. The van der Waals surface area contributed by atoms with Gasteiger partial charge < -0.3 is 14.6 Å². The predicted molar refractivity (Wildman–Crippen MR) is 131 cm³/mol. The average molecular weight is 465 g/mol. The molecule has 2 atom stereocenters. The van der Waals surface area contributed by atoms with Crippen LogP contribution in [0.3, 0.4) is 0 Å². The molecule has 1 N–H and O–H groups in total. The number of aromatic nitrogens is 1. The van der Waals surface area contributed by atoms with Gasteiger partial charge >= 0.3 is 5.97 Å². The molecule has 0 aliphatic heterocycles. The third-order valence-electron chi connectivity index (χ3n) is 7.02. The summed E-state index contributed by atoms with van der Waals surface area (Å²) in [5, 5.41) is 10.6. The highest BCUT2D eigenvalue weighted by Gasteiger charge is 2.33. The second kappa shape index (κ2) is 10.4. The normalized spacial score (nSPS) is 16.3. The molecule has 5 nitrogen and oxygen atoms in total. The van der Waals surface area contributed by atoms with Crippen molar-refractivity contribution in [2.75, 3.05) is 6.54 Å². The molecule has 34 heavy (non-hydrogen) atoms. The number of benzene rings is 2. The van der Waals surface area contributed by atoms with Gasteiger partial charge in [-0.3, -0.25) is 4.79 Å². The number of hydrogen-bond donors (Lipinski definition) is 1. The molecule has 4 rings (SSSR count). The van der Waals surface area contributed by atoms with Gasteiger partial charge in [-0.15, -0.1) is 0 Å². The molecule has 3 aromatic rings. The predicted octanol–water partition coefficient (Wildman–Crippen LogP) is 5.54. The van der Waals surface area contributed by atoms with Gasteiger partial charge in [0, 0.05) is 35.6 Å².